The lowest BCUT2D eigenvalue weighted by Gasteiger charge is -2.52. The summed E-state index contributed by atoms with van der Waals surface area (Å²) in [6.07, 6.45) is 2.46. The van der Waals surface area contributed by atoms with E-state index in [-0.39, 0.29) is 29.4 Å². The molecular weight excluding hydrogens is 336 g/mol. The Morgan fingerprint density at radius 3 is 2.54 bits per heavy atom. The van der Waals surface area contributed by atoms with E-state index in [0.717, 1.165) is 19.3 Å². The van der Waals surface area contributed by atoms with Gasteiger partial charge in [-0.3, -0.25) is 4.79 Å². The van der Waals surface area contributed by atoms with Crippen LogP contribution in [0, 0.1) is 29.4 Å². The SMILES string of the molecule is CC(C)C(=O)N[C@]1(C)C[C@H](c2c(F)cccc2F)O[C@@H]2C[C@H](C)CC[C@H]21. The Hall–Kier alpha value is -1.49. The zero-order valence-electron chi connectivity index (χ0n) is 16.0. The Morgan fingerprint density at radius 2 is 1.92 bits per heavy atom. The minimum absolute atomic E-state index is 0.0193. The summed E-state index contributed by atoms with van der Waals surface area (Å²) < 4.78 is 35.0. The first-order valence-corrected chi connectivity index (χ1v) is 9.62. The Morgan fingerprint density at radius 1 is 1.27 bits per heavy atom. The molecule has 1 saturated heterocycles. The summed E-state index contributed by atoms with van der Waals surface area (Å²) in [5.74, 6) is -0.679. The number of carbonyl (C=O) groups excluding carboxylic acids is 1. The van der Waals surface area contributed by atoms with Crippen molar-refractivity contribution >= 4 is 5.91 Å². The van der Waals surface area contributed by atoms with Crippen LogP contribution in [0.4, 0.5) is 8.78 Å². The summed E-state index contributed by atoms with van der Waals surface area (Å²) in [6.45, 7) is 7.89. The Bertz CT molecular complexity index is 658. The molecule has 5 heteroatoms. The summed E-state index contributed by atoms with van der Waals surface area (Å²) in [5.41, 5.74) is -0.557. The summed E-state index contributed by atoms with van der Waals surface area (Å²) >= 11 is 0. The summed E-state index contributed by atoms with van der Waals surface area (Å²) in [6, 6.07) is 3.89. The minimum atomic E-state index is -0.694. The highest BCUT2D eigenvalue weighted by atomic mass is 19.1. The molecule has 1 heterocycles. The molecule has 0 aromatic heterocycles. The van der Waals surface area contributed by atoms with E-state index in [0.29, 0.717) is 12.3 Å². The summed E-state index contributed by atoms with van der Waals surface area (Å²) in [4.78, 5) is 12.4. The maximum atomic E-state index is 14.4. The third kappa shape index (κ3) is 3.64. The number of carbonyl (C=O) groups is 1. The molecule has 0 unspecified atom stereocenters. The second-order valence-corrected chi connectivity index (χ2v) is 8.59. The molecule has 3 rings (SSSR count). The van der Waals surface area contributed by atoms with Crippen molar-refractivity contribution in [3.8, 4) is 0 Å². The van der Waals surface area contributed by atoms with Crippen LogP contribution in [0.25, 0.3) is 0 Å². The smallest absolute Gasteiger partial charge is 0.222 e. The quantitative estimate of drug-likeness (QED) is 0.838. The van der Waals surface area contributed by atoms with Crippen LogP contribution in [0.1, 0.15) is 65.0 Å². The van der Waals surface area contributed by atoms with Gasteiger partial charge in [-0.1, -0.05) is 33.3 Å². The molecule has 1 aliphatic carbocycles. The molecule has 1 aliphatic heterocycles. The fourth-order valence-electron chi connectivity index (χ4n) is 4.56. The third-order valence-electron chi connectivity index (χ3n) is 6.08. The molecule has 2 fully saturated rings. The van der Waals surface area contributed by atoms with Crippen LogP contribution in [0.15, 0.2) is 18.2 Å². The molecular formula is C21H29F2NO2. The van der Waals surface area contributed by atoms with E-state index >= 15 is 0 Å². The van der Waals surface area contributed by atoms with Gasteiger partial charge >= 0.3 is 0 Å². The maximum Gasteiger partial charge on any atom is 0.222 e. The van der Waals surface area contributed by atoms with Gasteiger partial charge in [-0.15, -0.1) is 0 Å². The van der Waals surface area contributed by atoms with Gasteiger partial charge in [-0.2, -0.15) is 0 Å². The standard InChI is InChI=1S/C21H29F2NO2/c1-12(2)20(25)24-21(4)11-18(19-15(22)6-5-7-16(19)23)26-17-10-13(3)8-9-14(17)21/h5-7,12-14,17-18H,8-11H2,1-4H3,(H,24,25)/t13-,14-,17-,18-,21-/m1/s1. The minimum Gasteiger partial charge on any atom is -0.370 e. The Kier molecular flexibility index (Phi) is 5.38. The molecule has 144 valence electrons. The number of halogens is 2. The van der Waals surface area contributed by atoms with Crippen molar-refractivity contribution in [1.82, 2.24) is 5.32 Å². The van der Waals surface area contributed by atoms with E-state index in [1.807, 2.05) is 20.8 Å². The number of amides is 1. The van der Waals surface area contributed by atoms with Crippen molar-refractivity contribution in [2.24, 2.45) is 17.8 Å². The fraction of sp³-hybridized carbons (Fsp3) is 0.667. The van der Waals surface area contributed by atoms with Gasteiger partial charge in [0.25, 0.3) is 0 Å². The zero-order valence-corrected chi connectivity index (χ0v) is 16.0. The van der Waals surface area contributed by atoms with Gasteiger partial charge < -0.3 is 10.1 Å². The van der Waals surface area contributed by atoms with Crippen LogP contribution in [0.5, 0.6) is 0 Å². The van der Waals surface area contributed by atoms with Crippen molar-refractivity contribution in [2.45, 2.75) is 71.1 Å². The largest absolute Gasteiger partial charge is 0.370 e. The van der Waals surface area contributed by atoms with Crippen LogP contribution in [0.3, 0.4) is 0 Å². The number of hydrogen-bond acceptors (Lipinski definition) is 2. The molecule has 1 aromatic rings. The van der Waals surface area contributed by atoms with E-state index in [1.165, 1.54) is 18.2 Å². The van der Waals surface area contributed by atoms with Crippen molar-refractivity contribution < 1.29 is 18.3 Å². The second kappa shape index (κ2) is 7.26. The van der Waals surface area contributed by atoms with Crippen LogP contribution in [-0.4, -0.2) is 17.6 Å². The van der Waals surface area contributed by atoms with Gasteiger partial charge in [0.05, 0.1) is 17.8 Å². The maximum absolute atomic E-state index is 14.4. The molecule has 1 saturated carbocycles. The number of rotatable bonds is 3. The number of ether oxygens (including phenoxy) is 1. The van der Waals surface area contributed by atoms with Crippen LogP contribution < -0.4 is 5.32 Å². The predicted octanol–water partition coefficient (Wildman–Crippen LogP) is 4.76. The topological polar surface area (TPSA) is 38.3 Å². The van der Waals surface area contributed by atoms with Crippen molar-refractivity contribution in [1.29, 1.82) is 0 Å². The molecule has 0 radical (unpaired) electrons. The molecule has 1 aromatic carbocycles. The van der Waals surface area contributed by atoms with E-state index < -0.39 is 23.3 Å². The lowest BCUT2D eigenvalue weighted by atomic mass is 9.66. The van der Waals surface area contributed by atoms with E-state index in [2.05, 4.69) is 12.2 Å². The van der Waals surface area contributed by atoms with E-state index in [1.54, 1.807) is 0 Å². The van der Waals surface area contributed by atoms with Gasteiger partial charge in [0.15, 0.2) is 0 Å². The second-order valence-electron chi connectivity index (χ2n) is 8.59. The Labute approximate surface area is 154 Å². The average molecular weight is 365 g/mol. The number of fused-ring (bicyclic) bond motifs is 1. The van der Waals surface area contributed by atoms with Crippen LogP contribution in [-0.2, 0) is 9.53 Å². The molecule has 0 bridgehead atoms. The van der Waals surface area contributed by atoms with E-state index in [4.69, 9.17) is 4.74 Å². The van der Waals surface area contributed by atoms with Crippen molar-refractivity contribution in [3.05, 3.63) is 35.4 Å². The molecule has 3 nitrogen and oxygen atoms in total. The van der Waals surface area contributed by atoms with Gasteiger partial charge in [0.2, 0.25) is 5.91 Å². The molecule has 26 heavy (non-hydrogen) atoms. The van der Waals surface area contributed by atoms with Gasteiger partial charge in [0.1, 0.15) is 11.6 Å². The number of hydrogen-bond donors (Lipinski definition) is 1. The zero-order chi connectivity index (χ0) is 19.1. The highest BCUT2D eigenvalue weighted by molar-refractivity contribution is 5.78. The molecule has 2 aliphatic rings. The molecule has 5 atom stereocenters. The lowest BCUT2D eigenvalue weighted by molar-refractivity contribution is -0.156. The Balaban J connectivity index is 1.95. The van der Waals surface area contributed by atoms with Crippen molar-refractivity contribution in [2.75, 3.05) is 0 Å². The van der Waals surface area contributed by atoms with Gasteiger partial charge in [-0.25, -0.2) is 8.78 Å². The predicted molar refractivity (Wildman–Crippen MR) is 96.5 cm³/mol. The van der Waals surface area contributed by atoms with Crippen molar-refractivity contribution in [3.63, 3.8) is 0 Å². The molecule has 0 spiro atoms. The average Bonchev–Trinajstić information content (AvgIpc) is 2.53. The summed E-state index contributed by atoms with van der Waals surface area (Å²) in [7, 11) is 0. The normalized spacial score (nSPS) is 34.4. The first-order chi connectivity index (χ1) is 12.2. The third-order valence-corrected chi connectivity index (χ3v) is 6.08. The number of benzene rings is 1. The summed E-state index contributed by atoms with van der Waals surface area (Å²) in [5, 5.41) is 3.18. The van der Waals surface area contributed by atoms with Gasteiger partial charge in [0, 0.05) is 23.8 Å². The van der Waals surface area contributed by atoms with Crippen LogP contribution >= 0.6 is 0 Å². The first-order valence-electron chi connectivity index (χ1n) is 9.62. The monoisotopic (exact) mass is 365 g/mol. The first kappa shape index (κ1) is 19.3. The number of nitrogens with one attached hydrogen (secondary N) is 1. The molecule has 1 N–H and O–H groups in total. The highest BCUT2D eigenvalue weighted by Gasteiger charge is 2.50. The fourth-order valence-corrected chi connectivity index (χ4v) is 4.56. The van der Waals surface area contributed by atoms with E-state index in [9.17, 15) is 13.6 Å². The highest BCUT2D eigenvalue weighted by Crippen LogP contribution is 2.48. The lowest BCUT2D eigenvalue weighted by Crippen LogP contribution is -2.61. The molecule has 1 amide bonds. The van der Waals surface area contributed by atoms with Gasteiger partial charge in [-0.05, 0) is 37.8 Å². The van der Waals surface area contributed by atoms with Crippen LogP contribution in [0.2, 0.25) is 0 Å².